The van der Waals surface area contributed by atoms with E-state index < -0.39 is 29.7 Å². The van der Waals surface area contributed by atoms with Gasteiger partial charge in [-0.1, -0.05) is 37.5 Å². The minimum absolute atomic E-state index is 0.00399. The Hall–Kier alpha value is -7.11. The van der Waals surface area contributed by atoms with Gasteiger partial charge in [0.25, 0.3) is 17.7 Å². The number of unbranched alkanes of at least 4 members (excludes halogenated alkanes) is 4. The normalized spacial score (nSPS) is 16.5. The quantitative estimate of drug-likeness (QED) is 0.0905. The number of nitrogens with one attached hydrogen (secondary N) is 3. The van der Waals surface area contributed by atoms with Gasteiger partial charge in [-0.25, -0.2) is 4.98 Å². The number of imide groups is 2. The van der Waals surface area contributed by atoms with E-state index in [1.807, 2.05) is 33.6 Å². The largest absolute Gasteiger partial charge is 0.483 e. The Morgan fingerprint density at radius 3 is 2.49 bits per heavy atom. The van der Waals surface area contributed by atoms with Crippen molar-refractivity contribution in [3.8, 4) is 17.0 Å². The van der Waals surface area contributed by atoms with Crippen LogP contribution in [0.25, 0.3) is 16.9 Å². The monoisotopic (exact) mass is 830 g/mol. The smallest absolute Gasteiger partial charge is 0.266 e. The topological polar surface area (TPSA) is 214 Å². The van der Waals surface area contributed by atoms with Crippen molar-refractivity contribution >= 4 is 52.6 Å². The Morgan fingerprint density at radius 1 is 0.902 bits per heavy atom. The molecular formula is C43H46N10O8. The zero-order valence-electron chi connectivity index (χ0n) is 33.5. The van der Waals surface area contributed by atoms with Gasteiger partial charge in [0.1, 0.15) is 35.4 Å². The van der Waals surface area contributed by atoms with Gasteiger partial charge in [0.05, 0.1) is 30.1 Å². The molecule has 3 aromatic heterocycles. The zero-order valence-corrected chi connectivity index (χ0v) is 33.5. The fraction of sp³-hybridized carbons (Fsp3) is 0.372. The molecule has 6 heterocycles. The van der Waals surface area contributed by atoms with Crippen molar-refractivity contribution in [1.82, 2.24) is 40.0 Å². The summed E-state index contributed by atoms with van der Waals surface area (Å²) in [5.41, 5.74) is 3.47. The van der Waals surface area contributed by atoms with Crippen LogP contribution in [0.15, 0.2) is 77.8 Å². The number of nitrogens with zero attached hydrogens (tertiary/aromatic N) is 7. The minimum Gasteiger partial charge on any atom is -0.483 e. The molecule has 2 saturated heterocycles. The van der Waals surface area contributed by atoms with Crippen LogP contribution in [0.4, 0.5) is 11.5 Å². The lowest BCUT2D eigenvalue weighted by atomic mass is 10.0. The molecule has 1 unspecified atom stereocenters. The average molecular weight is 831 g/mol. The summed E-state index contributed by atoms with van der Waals surface area (Å²) in [7, 11) is 0. The summed E-state index contributed by atoms with van der Waals surface area (Å²) < 4.78 is 12.9. The number of benzene rings is 2. The number of piperazine rings is 1. The van der Waals surface area contributed by atoms with Crippen molar-refractivity contribution in [3.05, 3.63) is 90.3 Å². The molecule has 316 valence electrons. The standard InChI is InChI=1S/C43H46N10O8/c54-35-17-16-32(41(57)48-35)53-42(58)31-9-6-10-33(38(31)43(53)59)61-26-36(55)44-18-5-3-1-2-4-11-37(56)51-21-19-50(20-22-51)29-14-12-28(13-15-29)39-40-49-47-27-52(40)34(25-46-39)45-24-30-8-7-23-60-30/h6-10,12-15,23,25,27,32,45H,1-5,11,16-22,24,26H2,(H,44,55)(H,48,54,57). The molecule has 0 bridgehead atoms. The number of carbonyl (C=O) groups excluding carboxylic acids is 6. The number of fused-ring (bicyclic) bond motifs is 2. The van der Waals surface area contributed by atoms with Crippen LogP contribution in [0.2, 0.25) is 0 Å². The summed E-state index contributed by atoms with van der Waals surface area (Å²) in [6.07, 6.45) is 9.93. The van der Waals surface area contributed by atoms with Crippen LogP contribution in [0.1, 0.15) is 77.8 Å². The van der Waals surface area contributed by atoms with E-state index in [1.165, 1.54) is 12.1 Å². The van der Waals surface area contributed by atoms with Crippen molar-refractivity contribution in [2.24, 2.45) is 0 Å². The van der Waals surface area contributed by atoms with Gasteiger partial charge in [-0.15, -0.1) is 10.2 Å². The summed E-state index contributed by atoms with van der Waals surface area (Å²) in [6.45, 7) is 3.44. The number of ether oxygens (including phenoxy) is 1. The second-order valence-electron chi connectivity index (χ2n) is 15.1. The van der Waals surface area contributed by atoms with E-state index in [0.717, 1.165) is 78.6 Å². The average Bonchev–Trinajstić information content (AvgIpc) is 4.04. The third-order valence-corrected chi connectivity index (χ3v) is 11.2. The zero-order chi connectivity index (χ0) is 42.3. The van der Waals surface area contributed by atoms with E-state index in [2.05, 4.69) is 43.2 Å². The van der Waals surface area contributed by atoms with Crippen LogP contribution in [0, 0.1) is 0 Å². The van der Waals surface area contributed by atoms with Crippen LogP contribution in [-0.4, -0.2) is 110 Å². The Labute approximate surface area is 350 Å². The van der Waals surface area contributed by atoms with E-state index >= 15 is 0 Å². The highest BCUT2D eigenvalue weighted by molar-refractivity contribution is 6.24. The molecule has 18 heteroatoms. The van der Waals surface area contributed by atoms with E-state index in [0.29, 0.717) is 38.2 Å². The Balaban J connectivity index is 0.698. The van der Waals surface area contributed by atoms with Crippen molar-refractivity contribution < 1.29 is 37.9 Å². The third kappa shape index (κ3) is 9.07. The molecule has 3 aliphatic rings. The molecule has 6 amide bonds. The lowest BCUT2D eigenvalue weighted by Crippen LogP contribution is -2.54. The molecular weight excluding hydrogens is 785 g/mol. The van der Waals surface area contributed by atoms with Crippen LogP contribution in [0.5, 0.6) is 5.75 Å². The van der Waals surface area contributed by atoms with Gasteiger partial charge in [-0.05, 0) is 55.7 Å². The van der Waals surface area contributed by atoms with Crippen molar-refractivity contribution in [2.75, 3.05) is 49.5 Å². The Morgan fingerprint density at radius 2 is 1.70 bits per heavy atom. The first-order chi connectivity index (χ1) is 29.7. The lowest BCUT2D eigenvalue weighted by molar-refractivity contribution is -0.136. The van der Waals surface area contributed by atoms with Crippen molar-refractivity contribution in [2.45, 2.75) is 64.0 Å². The Kier molecular flexibility index (Phi) is 12.3. The number of hydrogen-bond donors (Lipinski definition) is 3. The maximum atomic E-state index is 13.2. The first-order valence-electron chi connectivity index (χ1n) is 20.6. The first kappa shape index (κ1) is 40.7. The number of aromatic nitrogens is 4. The van der Waals surface area contributed by atoms with E-state index in [-0.39, 0.29) is 48.1 Å². The SMILES string of the molecule is O=C(COc1cccc2c1C(=O)N(C1CCC(=O)NC1=O)C2=O)NCCCCCCCC(=O)N1CCN(c2ccc(-c3ncc(NCc4ccco4)n4cnnc34)cc2)CC1. The highest BCUT2D eigenvalue weighted by Crippen LogP contribution is 2.34. The van der Waals surface area contributed by atoms with Gasteiger partial charge in [-0.3, -0.25) is 43.4 Å². The van der Waals surface area contributed by atoms with E-state index in [1.54, 1.807) is 24.9 Å². The Bertz CT molecular complexity index is 2420. The maximum Gasteiger partial charge on any atom is 0.266 e. The summed E-state index contributed by atoms with van der Waals surface area (Å²) in [5.74, 6) is -1.05. The van der Waals surface area contributed by atoms with Gasteiger partial charge in [0.15, 0.2) is 12.3 Å². The second kappa shape index (κ2) is 18.4. The third-order valence-electron chi connectivity index (χ3n) is 11.2. The molecule has 61 heavy (non-hydrogen) atoms. The molecule has 0 aliphatic carbocycles. The molecule has 0 radical (unpaired) electrons. The van der Waals surface area contributed by atoms with Crippen LogP contribution in [0.3, 0.4) is 0 Å². The molecule has 0 spiro atoms. The summed E-state index contributed by atoms with van der Waals surface area (Å²) in [4.78, 5) is 85.5. The number of hydrogen-bond acceptors (Lipinski definition) is 13. The molecule has 3 N–H and O–H groups in total. The summed E-state index contributed by atoms with van der Waals surface area (Å²) in [5, 5.41) is 16.7. The second-order valence-corrected chi connectivity index (χ2v) is 15.1. The van der Waals surface area contributed by atoms with E-state index in [4.69, 9.17) is 14.1 Å². The molecule has 1 atom stereocenters. The van der Waals surface area contributed by atoms with Gasteiger partial charge >= 0.3 is 0 Å². The predicted octanol–water partition coefficient (Wildman–Crippen LogP) is 3.58. The number of rotatable bonds is 17. The number of piperidine rings is 1. The number of anilines is 2. The fourth-order valence-electron chi connectivity index (χ4n) is 7.90. The molecule has 2 fully saturated rings. The lowest BCUT2D eigenvalue weighted by Gasteiger charge is -2.36. The highest BCUT2D eigenvalue weighted by atomic mass is 16.5. The van der Waals surface area contributed by atoms with Crippen LogP contribution in [-0.2, 0) is 25.7 Å². The van der Waals surface area contributed by atoms with Crippen LogP contribution >= 0.6 is 0 Å². The minimum atomic E-state index is -1.09. The van der Waals surface area contributed by atoms with Crippen LogP contribution < -0.4 is 25.6 Å². The summed E-state index contributed by atoms with van der Waals surface area (Å²) >= 11 is 0. The maximum absolute atomic E-state index is 13.2. The predicted molar refractivity (Wildman–Crippen MR) is 220 cm³/mol. The molecule has 3 aliphatic heterocycles. The van der Waals surface area contributed by atoms with Gasteiger partial charge in [-0.2, -0.15) is 0 Å². The molecule has 2 aromatic carbocycles. The number of amides is 6. The van der Waals surface area contributed by atoms with Gasteiger partial charge < -0.3 is 29.6 Å². The fourth-order valence-corrected chi connectivity index (χ4v) is 7.90. The molecule has 18 nitrogen and oxygen atoms in total. The van der Waals surface area contributed by atoms with Gasteiger partial charge in [0.2, 0.25) is 17.7 Å². The highest BCUT2D eigenvalue weighted by Gasteiger charge is 2.46. The van der Waals surface area contributed by atoms with E-state index in [9.17, 15) is 28.8 Å². The van der Waals surface area contributed by atoms with Crippen molar-refractivity contribution in [1.29, 1.82) is 0 Å². The first-order valence-corrected chi connectivity index (χ1v) is 20.6. The van der Waals surface area contributed by atoms with Crippen molar-refractivity contribution in [3.63, 3.8) is 0 Å². The number of carbonyl (C=O) groups is 6. The molecule has 0 saturated carbocycles. The summed E-state index contributed by atoms with van der Waals surface area (Å²) in [6, 6.07) is 15.4. The van der Waals surface area contributed by atoms with Gasteiger partial charge in [0, 0.05) is 56.8 Å². The molecule has 5 aromatic rings. The number of furan rings is 1. The molecule has 8 rings (SSSR count).